The number of nitro groups is 1. The van der Waals surface area contributed by atoms with Crippen molar-refractivity contribution in [2.24, 2.45) is 0 Å². The second-order valence-electron chi connectivity index (χ2n) is 4.30. The predicted molar refractivity (Wildman–Crippen MR) is 71.2 cm³/mol. The fourth-order valence-corrected chi connectivity index (χ4v) is 2.36. The molecule has 12 heteroatoms. The molecule has 0 aliphatic carbocycles. The standard InChI is InChI=1S/C10H5N5O6S/c16-8-5(9(17)12-10(22)11-8)3-1-2-4(14(18)19)7-6(3)13-21-15(7)20/h1-2,5H,(H2,11,12,16,17,22). The second-order valence-corrected chi connectivity index (χ2v) is 4.71. The van der Waals surface area contributed by atoms with E-state index in [2.05, 4.69) is 32.6 Å². The Bertz CT molecular complexity index is 841. The van der Waals surface area contributed by atoms with E-state index in [0.717, 1.165) is 6.07 Å². The first-order valence-corrected chi connectivity index (χ1v) is 6.13. The van der Waals surface area contributed by atoms with Crippen molar-refractivity contribution in [3.63, 3.8) is 0 Å². The molecule has 11 nitrogen and oxygen atoms in total. The van der Waals surface area contributed by atoms with Gasteiger partial charge in [0.25, 0.3) is 5.52 Å². The molecule has 0 bridgehead atoms. The Kier molecular flexibility index (Phi) is 2.95. The zero-order chi connectivity index (χ0) is 16.0. The van der Waals surface area contributed by atoms with Crippen molar-refractivity contribution in [1.29, 1.82) is 0 Å². The molecule has 1 aliphatic rings. The number of amides is 2. The molecule has 0 atom stereocenters. The minimum absolute atomic E-state index is 0.00329. The van der Waals surface area contributed by atoms with Crippen molar-refractivity contribution in [2.75, 3.05) is 0 Å². The van der Waals surface area contributed by atoms with Crippen molar-refractivity contribution in [1.82, 2.24) is 15.8 Å². The van der Waals surface area contributed by atoms with Crippen LogP contribution in [-0.4, -0.2) is 27.0 Å². The van der Waals surface area contributed by atoms with Gasteiger partial charge in [0.05, 0.1) is 4.92 Å². The number of nitrogens with zero attached hydrogens (tertiary/aromatic N) is 3. The number of carbonyl (C=O) groups is 2. The quantitative estimate of drug-likeness (QED) is 0.234. The van der Waals surface area contributed by atoms with E-state index in [-0.39, 0.29) is 21.1 Å². The third-order valence-corrected chi connectivity index (χ3v) is 3.26. The summed E-state index contributed by atoms with van der Waals surface area (Å²) in [6.07, 6.45) is 0. The third-order valence-electron chi connectivity index (χ3n) is 3.06. The Hall–Kier alpha value is -3.15. The maximum atomic E-state index is 11.9. The van der Waals surface area contributed by atoms with Gasteiger partial charge >= 0.3 is 11.2 Å². The Morgan fingerprint density at radius 1 is 1.32 bits per heavy atom. The number of rotatable bonds is 2. The highest BCUT2D eigenvalue weighted by Crippen LogP contribution is 2.30. The highest BCUT2D eigenvalue weighted by atomic mass is 32.1. The van der Waals surface area contributed by atoms with E-state index in [4.69, 9.17) is 0 Å². The topological polar surface area (TPSA) is 154 Å². The van der Waals surface area contributed by atoms with Crippen molar-refractivity contribution in [2.45, 2.75) is 5.92 Å². The summed E-state index contributed by atoms with van der Waals surface area (Å²) < 4.78 is 4.35. The number of nitro benzene ring substituents is 1. The Morgan fingerprint density at radius 2 is 1.95 bits per heavy atom. The van der Waals surface area contributed by atoms with Crippen LogP contribution in [-0.2, 0) is 9.59 Å². The van der Waals surface area contributed by atoms with Crippen LogP contribution in [0.4, 0.5) is 5.69 Å². The molecular weight excluding hydrogens is 318 g/mol. The molecule has 0 radical (unpaired) electrons. The molecule has 1 fully saturated rings. The van der Waals surface area contributed by atoms with Gasteiger partial charge in [0.2, 0.25) is 11.8 Å². The second kappa shape index (κ2) is 4.70. The molecule has 112 valence electrons. The Morgan fingerprint density at radius 3 is 2.55 bits per heavy atom. The van der Waals surface area contributed by atoms with Crippen LogP contribution >= 0.6 is 12.2 Å². The van der Waals surface area contributed by atoms with Crippen LogP contribution in [0.3, 0.4) is 0 Å². The lowest BCUT2D eigenvalue weighted by Gasteiger charge is -2.21. The van der Waals surface area contributed by atoms with Gasteiger partial charge in [-0.1, -0.05) is 0 Å². The first-order valence-electron chi connectivity index (χ1n) is 5.72. The van der Waals surface area contributed by atoms with Crippen LogP contribution in [0.15, 0.2) is 16.8 Å². The maximum absolute atomic E-state index is 11.9. The molecule has 2 aromatic rings. The van der Waals surface area contributed by atoms with Crippen LogP contribution in [0.1, 0.15) is 11.5 Å². The van der Waals surface area contributed by atoms with Crippen molar-refractivity contribution < 1.29 is 24.0 Å². The number of hydrogen-bond donors (Lipinski definition) is 2. The summed E-state index contributed by atoms with van der Waals surface area (Å²) in [6, 6.07) is 2.16. The molecule has 0 unspecified atom stereocenters. The SMILES string of the molecule is O=C1NC(=S)NC(=O)C1c1ccc([N+](=O)[O-])c2c1no[n+]2[O-]. The largest absolute Gasteiger partial charge is 0.359 e. The molecule has 1 aromatic heterocycles. The number of aromatic nitrogens is 2. The van der Waals surface area contributed by atoms with E-state index in [1.54, 1.807) is 0 Å². The maximum Gasteiger partial charge on any atom is 0.324 e. The Balaban J connectivity index is 2.23. The molecule has 3 rings (SSSR count). The zero-order valence-corrected chi connectivity index (χ0v) is 11.2. The molecule has 2 N–H and O–H groups in total. The average molecular weight is 323 g/mol. The predicted octanol–water partition coefficient (Wildman–Crippen LogP) is -1.02. The van der Waals surface area contributed by atoms with Crippen LogP contribution in [0.25, 0.3) is 11.0 Å². The molecule has 22 heavy (non-hydrogen) atoms. The molecule has 2 amide bonds. The lowest BCUT2D eigenvalue weighted by Crippen LogP contribution is -2.54. The molecule has 1 aromatic carbocycles. The van der Waals surface area contributed by atoms with Gasteiger partial charge in [-0.15, -0.1) is 0 Å². The fourth-order valence-electron chi connectivity index (χ4n) is 2.16. The van der Waals surface area contributed by atoms with E-state index in [1.165, 1.54) is 6.07 Å². The number of nitrogens with one attached hydrogen (secondary N) is 2. The van der Waals surface area contributed by atoms with E-state index < -0.39 is 33.9 Å². The number of hydrogen-bond acceptors (Lipinski definition) is 8. The number of carbonyl (C=O) groups excluding carboxylic acids is 2. The van der Waals surface area contributed by atoms with Gasteiger partial charge in [-0.2, -0.15) is 0 Å². The number of thiocarbonyl (C=S) groups is 1. The molecule has 2 heterocycles. The average Bonchev–Trinajstić information content (AvgIpc) is 2.80. The van der Waals surface area contributed by atoms with E-state index >= 15 is 0 Å². The van der Waals surface area contributed by atoms with Gasteiger partial charge in [0, 0.05) is 16.8 Å². The minimum atomic E-state index is -1.36. The van der Waals surface area contributed by atoms with Gasteiger partial charge in [-0.25, -0.2) is 0 Å². The molecule has 0 spiro atoms. The van der Waals surface area contributed by atoms with E-state index in [9.17, 15) is 24.9 Å². The van der Waals surface area contributed by atoms with Crippen LogP contribution in [0.2, 0.25) is 0 Å². The summed E-state index contributed by atoms with van der Waals surface area (Å²) in [5.74, 6) is -2.83. The third kappa shape index (κ3) is 1.93. The first-order chi connectivity index (χ1) is 10.4. The molecule has 1 saturated heterocycles. The smallest absolute Gasteiger partial charge is 0.324 e. The lowest BCUT2D eigenvalue weighted by atomic mass is 9.94. The van der Waals surface area contributed by atoms with Crippen molar-refractivity contribution in [3.05, 3.63) is 33.0 Å². The molecular formula is C10H5N5O6S. The number of fused-ring (bicyclic) bond motifs is 1. The zero-order valence-electron chi connectivity index (χ0n) is 10.4. The molecule has 1 aliphatic heterocycles. The van der Waals surface area contributed by atoms with Crippen LogP contribution in [0, 0.1) is 15.3 Å². The fraction of sp³-hybridized carbons (Fsp3) is 0.100. The van der Waals surface area contributed by atoms with Crippen LogP contribution in [0.5, 0.6) is 0 Å². The highest BCUT2D eigenvalue weighted by molar-refractivity contribution is 7.80. The lowest BCUT2D eigenvalue weighted by molar-refractivity contribution is -0.783. The van der Waals surface area contributed by atoms with Crippen LogP contribution < -0.4 is 15.5 Å². The summed E-state index contributed by atoms with van der Waals surface area (Å²) >= 11 is 4.68. The minimum Gasteiger partial charge on any atom is -0.359 e. The van der Waals surface area contributed by atoms with Gasteiger partial charge in [-0.05, 0) is 23.2 Å². The van der Waals surface area contributed by atoms with Gasteiger partial charge < -0.3 is 15.8 Å². The normalized spacial score (nSPS) is 15.7. The summed E-state index contributed by atoms with van der Waals surface area (Å²) in [7, 11) is 0. The summed E-state index contributed by atoms with van der Waals surface area (Å²) in [5, 5.41) is 30.2. The number of benzene rings is 1. The summed E-state index contributed by atoms with van der Waals surface area (Å²) in [6.45, 7) is 0. The van der Waals surface area contributed by atoms with E-state index in [0.29, 0.717) is 0 Å². The monoisotopic (exact) mass is 323 g/mol. The van der Waals surface area contributed by atoms with Gasteiger partial charge in [0.1, 0.15) is 5.92 Å². The summed E-state index contributed by atoms with van der Waals surface area (Å²) in [5.41, 5.74) is -1.28. The number of non-ortho nitro benzene ring substituents is 1. The Labute approximate surface area is 125 Å². The van der Waals surface area contributed by atoms with Crippen molar-refractivity contribution in [3.8, 4) is 0 Å². The van der Waals surface area contributed by atoms with E-state index in [1.807, 2.05) is 0 Å². The van der Waals surface area contributed by atoms with Gasteiger partial charge in [0.15, 0.2) is 5.11 Å². The van der Waals surface area contributed by atoms with Crippen molar-refractivity contribution >= 4 is 45.9 Å². The highest BCUT2D eigenvalue weighted by Gasteiger charge is 2.39. The first kappa shape index (κ1) is 13.8. The van der Waals surface area contributed by atoms with Gasteiger partial charge in [-0.3, -0.25) is 24.3 Å². The molecule has 0 saturated carbocycles. The summed E-state index contributed by atoms with van der Waals surface area (Å²) in [4.78, 5) is 33.9.